The minimum absolute atomic E-state index is 0.152. The molecule has 2 aromatic rings. The fourth-order valence-corrected chi connectivity index (χ4v) is 4.48. The smallest absolute Gasteiger partial charge is 0.262 e. The van der Waals surface area contributed by atoms with E-state index in [2.05, 4.69) is 21.2 Å². The molecule has 1 aliphatic rings. The van der Waals surface area contributed by atoms with E-state index in [4.69, 9.17) is 9.47 Å². The van der Waals surface area contributed by atoms with Crippen molar-refractivity contribution in [3.63, 3.8) is 0 Å². The van der Waals surface area contributed by atoms with Crippen LogP contribution >= 0.6 is 15.9 Å². The molecule has 0 saturated carbocycles. The minimum atomic E-state index is -4.02. The normalized spacial score (nSPS) is 15.2. The van der Waals surface area contributed by atoms with E-state index in [1.807, 2.05) is 6.07 Å². The number of hydrogen-bond acceptors (Lipinski definition) is 5. The van der Waals surface area contributed by atoms with Gasteiger partial charge in [-0.3, -0.25) is 4.79 Å². The fraction of sp³-hybridized carbons (Fsp3) is 0.278. The van der Waals surface area contributed by atoms with Crippen molar-refractivity contribution >= 4 is 37.5 Å². The van der Waals surface area contributed by atoms with E-state index in [1.54, 1.807) is 18.2 Å². The van der Waals surface area contributed by atoms with Gasteiger partial charge in [-0.15, -0.1) is 0 Å². The largest absolute Gasteiger partial charge is 0.484 e. The van der Waals surface area contributed by atoms with Gasteiger partial charge in [-0.2, -0.15) is 4.31 Å². The first-order chi connectivity index (χ1) is 13.4. The van der Waals surface area contributed by atoms with Crippen LogP contribution in [-0.4, -0.2) is 51.5 Å². The summed E-state index contributed by atoms with van der Waals surface area (Å²) in [5.74, 6) is -0.879. The molecule has 0 atom stereocenters. The first-order valence-corrected chi connectivity index (χ1v) is 10.7. The third-order valence-corrected chi connectivity index (χ3v) is 6.38. The van der Waals surface area contributed by atoms with Crippen molar-refractivity contribution in [2.75, 3.05) is 38.2 Å². The number of nitrogens with one attached hydrogen (secondary N) is 1. The molecule has 1 N–H and O–H groups in total. The van der Waals surface area contributed by atoms with Gasteiger partial charge >= 0.3 is 0 Å². The number of sulfonamides is 1. The molecule has 1 amide bonds. The van der Waals surface area contributed by atoms with Gasteiger partial charge in [0.25, 0.3) is 5.91 Å². The topological polar surface area (TPSA) is 84.9 Å². The van der Waals surface area contributed by atoms with Crippen molar-refractivity contribution in [2.45, 2.75) is 4.90 Å². The second-order valence-electron chi connectivity index (χ2n) is 5.96. The van der Waals surface area contributed by atoms with Crippen molar-refractivity contribution in [2.24, 2.45) is 0 Å². The molecule has 0 aliphatic carbocycles. The Kier molecular flexibility index (Phi) is 6.65. The third-order valence-electron chi connectivity index (χ3n) is 3.97. The highest BCUT2D eigenvalue weighted by Gasteiger charge is 2.29. The second-order valence-corrected chi connectivity index (χ2v) is 8.78. The summed E-state index contributed by atoms with van der Waals surface area (Å²) in [6.07, 6.45) is 0. The van der Waals surface area contributed by atoms with Crippen LogP contribution in [0.3, 0.4) is 0 Å². The lowest BCUT2D eigenvalue weighted by atomic mass is 10.3. The number of morpholine rings is 1. The Morgan fingerprint density at radius 3 is 2.68 bits per heavy atom. The number of benzene rings is 2. The molecule has 1 heterocycles. The predicted octanol–water partition coefficient (Wildman–Crippen LogP) is 2.63. The van der Waals surface area contributed by atoms with Crippen LogP contribution in [0.1, 0.15) is 0 Å². The zero-order valence-corrected chi connectivity index (χ0v) is 17.1. The maximum absolute atomic E-state index is 14.2. The zero-order chi connectivity index (χ0) is 20.1. The van der Waals surface area contributed by atoms with Crippen LogP contribution in [0.25, 0.3) is 0 Å². The summed E-state index contributed by atoms with van der Waals surface area (Å²) >= 11 is 3.30. The summed E-state index contributed by atoms with van der Waals surface area (Å²) in [7, 11) is -4.02. The molecule has 1 aliphatic heterocycles. The summed E-state index contributed by atoms with van der Waals surface area (Å²) in [6.45, 7) is 0.533. The Balaban J connectivity index is 1.69. The molecular weight excluding hydrogens is 455 g/mol. The van der Waals surface area contributed by atoms with Crippen LogP contribution in [0.2, 0.25) is 0 Å². The standard InChI is InChI=1S/C18H18BrFN2O5S/c19-13-2-1-3-15(10-13)27-12-18(23)21-14-4-5-16(20)17(11-14)28(24,25)22-6-8-26-9-7-22/h1-5,10-11H,6-9,12H2,(H,21,23). The number of amides is 1. The van der Waals surface area contributed by atoms with Gasteiger partial charge in [-0.05, 0) is 36.4 Å². The first kappa shape index (κ1) is 20.7. The summed E-state index contributed by atoms with van der Waals surface area (Å²) in [5.41, 5.74) is 0.163. The highest BCUT2D eigenvalue weighted by Crippen LogP contribution is 2.24. The number of nitrogens with zero attached hydrogens (tertiary/aromatic N) is 1. The summed E-state index contributed by atoms with van der Waals surface area (Å²) in [6, 6.07) is 10.4. The molecule has 3 rings (SSSR count). The molecule has 2 aromatic carbocycles. The Bertz CT molecular complexity index is 964. The molecule has 0 aromatic heterocycles. The quantitative estimate of drug-likeness (QED) is 0.698. The number of halogens is 2. The minimum Gasteiger partial charge on any atom is -0.484 e. The second kappa shape index (κ2) is 8.99. The summed E-state index contributed by atoms with van der Waals surface area (Å²) in [5, 5.41) is 2.52. The van der Waals surface area contributed by atoms with Gasteiger partial charge in [0.2, 0.25) is 10.0 Å². The van der Waals surface area contributed by atoms with Gasteiger partial charge in [-0.1, -0.05) is 22.0 Å². The van der Waals surface area contributed by atoms with Gasteiger partial charge in [0.15, 0.2) is 6.61 Å². The summed E-state index contributed by atoms with van der Waals surface area (Å²) in [4.78, 5) is 11.6. The van der Waals surface area contributed by atoms with Crippen LogP contribution in [0.5, 0.6) is 5.75 Å². The SMILES string of the molecule is O=C(COc1cccc(Br)c1)Nc1ccc(F)c(S(=O)(=O)N2CCOCC2)c1. The van der Waals surface area contributed by atoms with Gasteiger partial charge in [0.05, 0.1) is 13.2 Å². The van der Waals surface area contributed by atoms with E-state index in [1.165, 1.54) is 6.07 Å². The maximum Gasteiger partial charge on any atom is 0.262 e. The maximum atomic E-state index is 14.2. The monoisotopic (exact) mass is 472 g/mol. The number of anilines is 1. The Morgan fingerprint density at radius 1 is 1.21 bits per heavy atom. The molecule has 1 saturated heterocycles. The highest BCUT2D eigenvalue weighted by atomic mass is 79.9. The molecule has 0 bridgehead atoms. The summed E-state index contributed by atoms with van der Waals surface area (Å²) < 4.78 is 52.0. The van der Waals surface area contributed by atoms with E-state index in [9.17, 15) is 17.6 Å². The van der Waals surface area contributed by atoms with Crippen molar-refractivity contribution in [1.82, 2.24) is 4.31 Å². The lowest BCUT2D eigenvalue weighted by Crippen LogP contribution is -2.40. The van der Waals surface area contributed by atoms with Gasteiger partial charge in [0.1, 0.15) is 16.5 Å². The molecular formula is C18H18BrFN2O5S. The molecule has 150 valence electrons. The molecule has 7 nitrogen and oxygen atoms in total. The third kappa shape index (κ3) is 5.07. The Morgan fingerprint density at radius 2 is 1.96 bits per heavy atom. The van der Waals surface area contributed by atoms with E-state index in [0.29, 0.717) is 5.75 Å². The number of carbonyl (C=O) groups excluding carboxylic acids is 1. The molecule has 10 heteroatoms. The lowest BCUT2D eigenvalue weighted by Gasteiger charge is -2.26. The van der Waals surface area contributed by atoms with Crippen LogP contribution < -0.4 is 10.1 Å². The molecule has 28 heavy (non-hydrogen) atoms. The number of carbonyl (C=O) groups is 1. The van der Waals surface area contributed by atoms with Crippen molar-refractivity contribution < 1.29 is 27.1 Å². The number of ether oxygens (including phenoxy) is 2. The van der Waals surface area contributed by atoms with Crippen molar-refractivity contribution in [3.05, 3.63) is 52.8 Å². The first-order valence-electron chi connectivity index (χ1n) is 8.42. The highest BCUT2D eigenvalue weighted by molar-refractivity contribution is 9.10. The van der Waals surface area contributed by atoms with Gasteiger partial charge in [-0.25, -0.2) is 12.8 Å². The molecule has 0 radical (unpaired) electrons. The average Bonchev–Trinajstić information content (AvgIpc) is 2.68. The molecule has 1 fully saturated rings. The van der Waals surface area contributed by atoms with Gasteiger partial charge < -0.3 is 14.8 Å². The van der Waals surface area contributed by atoms with Crippen molar-refractivity contribution in [1.29, 1.82) is 0 Å². The lowest BCUT2D eigenvalue weighted by molar-refractivity contribution is -0.118. The van der Waals surface area contributed by atoms with Crippen LogP contribution in [0, 0.1) is 5.82 Å². The van der Waals surface area contributed by atoms with E-state index in [-0.39, 0.29) is 38.6 Å². The number of rotatable bonds is 6. The number of hydrogen-bond donors (Lipinski definition) is 1. The van der Waals surface area contributed by atoms with Crippen LogP contribution in [0.15, 0.2) is 51.8 Å². The fourth-order valence-electron chi connectivity index (χ4n) is 2.61. The van der Waals surface area contributed by atoms with E-state index < -0.39 is 26.6 Å². The zero-order valence-electron chi connectivity index (χ0n) is 14.7. The predicted molar refractivity (Wildman–Crippen MR) is 104 cm³/mol. The Hall–Kier alpha value is -2.01. The molecule has 0 spiro atoms. The van der Waals surface area contributed by atoms with Crippen LogP contribution in [0.4, 0.5) is 10.1 Å². The van der Waals surface area contributed by atoms with Gasteiger partial charge in [0, 0.05) is 23.2 Å². The van der Waals surface area contributed by atoms with Crippen molar-refractivity contribution in [3.8, 4) is 5.75 Å². The van der Waals surface area contributed by atoms with E-state index in [0.717, 1.165) is 20.9 Å². The molecule has 0 unspecified atom stereocenters. The Labute approximate surface area is 170 Å². The van der Waals surface area contributed by atoms with Crippen LogP contribution in [-0.2, 0) is 19.6 Å². The van der Waals surface area contributed by atoms with E-state index >= 15 is 0 Å². The average molecular weight is 473 g/mol.